The van der Waals surface area contributed by atoms with Gasteiger partial charge >= 0.3 is 5.97 Å². The summed E-state index contributed by atoms with van der Waals surface area (Å²) >= 11 is 0. The van der Waals surface area contributed by atoms with Crippen LogP contribution in [0, 0.1) is 6.92 Å². The van der Waals surface area contributed by atoms with E-state index in [9.17, 15) is 4.79 Å². The molecule has 0 saturated carbocycles. The highest BCUT2D eigenvalue weighted by atomic mass is 35.5. The molecule has 0 aromatic heterocycles. The van der Waals surface area contributed by atoms with Crippen LogP contribution >= 0.6 is 12.4 Å². The van der Waals surface area contributed by atoms with Crippen LogP contribution in [0.3, 0.4) is 0 Å². The number of benzene rings is 2. The Balaban J connectivity index is 0.00000261. The van der Waals surface area contributed by atoms with Gasteiger partial charge in [0.1, 0.15) is 6.10 Å². The van der Waals surface area contributed by atoms with Gasteiger partial charge in [0.05, 0.1) is 12.5 Å². The van der Waals surface area contributed by atoms with Crippen molar-refractivity contribution in [1.82, 2.24) is 4.90 Å². The quantitative estimate of drug-likeness (QED) is 0.759. The summed E-state index contributed by atoms with van der Waals surface area (Å²) in [5, 5.41) is 8.84. The maximum absolute atomic E-state index is 10.7. The van der Waals surface area contributed by atoms with Crippen LogP contribution in [-0.2, 0) is 9.53 Å². The molecule has 5 heteroatoms. The third-order valence-corrected chi connectivity index (χ3v) is 4.99. The van der Waals surface area contributed by atoms with Crippen LogP contribution in [0.25, 0.3) is 0 Å². The summed E-state index contributed by atoms with van der Waals surface area (Å²) in [5.41, 5.74) is 3.59. The van der Waals surface area contributed by atoms with Gasteiger partial charge in [0.25, 0.3) is 0 Å². The van der Waals surface area contributed by atoms with Crippen molar-refractivity contribution in [3.8, 4) is 0 Å². The van der Waals surface area contributed by atoms with Gasteiger partial charge in [-0.05, 0) is 30.9 Å². The van der Waals surface area contributed by atoms with E-state index in [1.165, 1.54) is 16.7 Å². The molecule has 1 heterocycles. The van der Waals surface area contributed by atoms with Crippen molar-refractivity contribution in [2.24, 2.45) is 0 Å². The lowest BCUT2D eigenvalue weighted by atomic mass is 9.99. The Morgan fingerprint density at radius 1 is 1.07 bits per heavy atom. The first-order valence-corrected chi connectivity index (χ1v) is 9.33. The van der Waals surface area contributed by atoms with Crippen LogP contribution in [0.15, 0.2) is 54.6 Å². The number of carbonyl (C=O) groups is 1. The molecular formula is C22H28ClNO3. The van der Waals surface area contributed by atoms with Crippen LogP contribution in [0.5, 0.6) is 0 Å². The maximum Gasteiger partial charge on any atom is 0.304 e. The first-order chi connectivity index (χ1) is 12.6. The molecule has 1 saturated heterocycles. The third kappa shape index (κ3) is 6.35. The number of piperidine rings is 1. The number of carboxylic acid groups (broad SMARTS) is 1. The zero-order valence-corrected chi connectivity index (χ0v) is 16.5. The summed E-state index contributed by atoms with van der Waals surface area (Å²) in [6.07, 6.45) is 2.22. The van der Waals surface area contributed by atoms with Gasteiger partial charge in [-0.2, -0.15) is 0 Å². The van der Waals surface area contributed by atoms with E-state index in [0.717, 1.165) is 25.9 Å². The predicted molar refractivity (Wildman–Crippen MR) is 110 cm³/mol. The second-order valence-electron chi connectivity index (χ2n) is 7.02. The van der Waals surface area contributed by atoms with Gasteiger partial charge in [-0.3, -0.25) is 4.79 Å². The fourth-order valence-electron chi connectivity index (χ4n) is 3.43. The molecule has 146 valence electrons. The number of rotatable bonds is 7. The second kappa shape index (κ2) is 10.5. The van der Waals surface area contributed by atoms with E-state index in [-0.39, 0.29) is 31.0 Å². The summed E-state index contributed by atoms with van der Waals surface area (Å²) in [6, 6.07) is 18.9. The number of hydrogen-bond donors (Lipinski definition) is 1. The van der Waals surface area contributed by atoms with Gasteiger partial charge in [-0.1, -0.05) is 60.2 Å². The third-order valence-electron chi connectivity index (χ3n) is 4.99. The minimum Gasteiger partial charge on any atom is -0.481 e. The monoisotopic (exact) mass is 389 g/mol. The molecule has 2 aromatic rings. The number of ether oxygens (including phenoxy) is 1. The highest BCUT2D eigenvalue weighted by Gasteiger charge is 2.24. The van der Waals surface area contributed by atoms with Crippen LogP contribution in [0.4, 0.5) is 0 Å². The fourth-order valence-corrected chi connectivity index (χ4v) is 3.43. The van der Waals surface area contributed by atoms with Gasteiger partial charge in [0, 0.05) is 19.6 Å². The average Bonchev–Trinajstić information content (AvgIpc) is 2.67. The van der Waals surface area contributed by atoms with E-state index in [4.69, 9.17) is 9.84 Å². The van der Waals surface area contributed by atoms with Gasteiger partial charge in [0.15, 0.2) is 0 Å². The number of aliphatic carboxylic acids is 1. The summed E-state index contributed by atoms with van der Waals surface area (Å²) in [4.78, 5) is 13.0. The number of aryl methyl sites for hydroxylation is 1. The molecule has 1 unspecified atom stereocenters. The van der Waals surface area contributed by atoms with Crippen molar-refractivity contribution in [2.75, 3.05) is 19.6 Å². The van der Waals surface area contributed by atoms with Crippen molar-refractivity contribution in [2.45, 2.75) is 38.4 Å². The van der Waals surface area contributed by atoms with Gasteiger partial charge in [0.2, 0.25) is 0 Å². The smallest absolute Gasteiger partial charge is 0.304 e. The number of nitrogens with zero attached hydrogens (tertiary/aromatic N) is 1. The standard InChI is InChI=1S/C22H27NO3.ClH/c1-17-7-9-19(10-8-17)22(18-5-3-2-4-6-18)26-20-11-14-23(15-12-20)16-13-21(24)25;/h2-10,20,22H,11-16H2,1H3,(H,24,25);1H. The van der Waals surface area contributed by atoms with Crippen LogP contribution in [-0.4, -0.2) is 41.7 Å². The SMILES string of the molecule is Cc1ccc(C(OC2CCN(CCC(=O)O)CC2)c2ccccc2)cc1.Cl. The molecule has 1 atom stereocenters. The Hall–Kier alpha value is -1.88. The highest BCUT2D eigenvalue weighted by Crippen LogP contribution is 2.30. The lowest BCUT2D eigenvalue weighted by Gasteiger charge is -2.34. The van der Waals surface area contributed by atoms with Crippen molar-refractivity contribution in [3.63, 3.8) is 0 Å². The molecule has 0 amide bonds. The predicted octanol–water partition coefficient (Wildman–Crippen LogP) is 4.46. The van der Waals surface area contributed by atoms with Crippen molar-refractivity contribution in [1.29, 1.82) is 0 Å². The van der Waals surface area contributed by atoms with E-state index in [2.05, 4.69) is 48.2 Å². The molecule has 1 aliphatic rings. The molecule has 27 heavy (non-hydrogen) atoms. The van der Waals surface area contributed by atoms with Gasteiger partial charge < -0.3 is 14.7 Å². The normalized spacial score (nSPS) is 16.5. The second-order valence-corrected chi connectivity index (χ2v) is 7.02. The zero-order chi connectivity index (χ0) is 18.4. The Morgan fingerprint density at radius 3 is 2.26 bits per heavy atom. The minimum atomic E-state index is -0.730. The summed E-state index contributed by atoms with van der Waals surface area (Å²) in [5.74, 6) is -0.730. The molecular weight excluding hydrogens is 362 g/mol. The summed E-state index contributed by atoms with van der Waals surface area (Å²) in [6.45, 7) is 4.51. The van der Waals surface area contributed by atoms with Crippen LogP contribution in [0.2, 0.25) is 0 Å². The van der Waals surface area contributed by atoms with Gasteiger partial charge in [-0.25, -0.2) is 0 Å². The highest BCUT2D eigenvalue weighted by molar-refractivity contribution is 5.85. The fraction of sp³-hybridized carbons (Fsp3) is 0.409. The molecule has 1 aliphatic heterocycles. The number of carboxylic acids is 1. The zero-order valence-electron chi connectivity index (χ0n) is 15.7. The molecule has 0 radical (unpaired) electrons. The first kappa shape index (κ1) is 21.4. The van der Waals surface area contributed by atoms with E-state index in [1.54, 1.807) is 0 Å². The Kier molecular flexibility index (Phi) is 8.29. The molecule has 0 aliphatic carbocycles. The topological polar surface area (TPSA) is 49.8 Å². The Morgan fingerprint density at radius 2 is 1.67 bits per heavy atom. The lowest BCUT2D eigenvalue weighted by molar-refractivity contribution is -0.137. The Bertz CT molecular complexity index is 697. The first-order valence-electron chi connectivity index (χ1n) is 9.33. The number of halogens is 1. The number of likely N-dealkylation sites (tertiary alicyclic amines) is 1. The lowest BCUT2D eigenvalue weighted by Crippen LogP contribution is -2.38. The Labute approximate surface area is 167 Å². The van der Waals surface area contributed by atoms with Crippen molar-refractivity contribution >= 4 is 18.4 Å². The molecule has 0 spiro atoms. The average molecular weight is 390 g/mol. The van der Waals surface area contributed by atoms with E-state index in [0.29, 0.717) is 6.54 Å². The van der Waals surface area contributed by atoms with Crippen molar-refractivity contribution < 1.29 is 14.6 Å². The van der Waals surface area contributed by atoms with Crippen molar-refractivity contribution in [3.05, 3.63) is 71.3 Å². The summed E-state index contributed by atoms with van der Waals surface area (Å²) < 4.78 is 6.53. The maximum atomic E-state index is 10.7. The van der Waals surface area contributed by atoms with E-state index < -0.39 is 5.97 Å². The molecule has 1 N–H and O–H groups in total. The molecule has 1 fully saturated rings. The summed E-state index contributed by atoms with van der Waals surface area (Å²) in [7, 11) is 0. The minimum absolute atomic E-state index is 0. The van der Waals surface area contributed by atoms with E-state index >= 15 is 0 Å². The largest absolute Gasteiger partial charge is 0.481 e. The molecule has 2 aromatic carbocycles. The molecule has 4 nitrogen and oxygen atoms in total. The molecule has 3 rings (SSSR count). The van der Waals surface area contributed by atoms with Gasteiger partial charge in [-0.15, -0.1) is 12.4 Å². The van der Waals surface area contributed by atoms with E-state index in [1.807, 2.05) is 18.2 Å². The number of hydrogen-bond acceptors (Lipinski definition) is 3. The van der Waals surface area contributed by atoms with Crippen LogP contribution < -0.4 is 0 Å². The molecule has 0 bridgehead atoms. The van der Waals surface area contributed by atoms with Crippen LogP contribution in [0.1, 0.15) is 42.1 Å².